The Hall–Kier alpha value is -1.06. The van der Waals surface area contributed by atoms with Crippen molar-refractivity contribution in [3.8, 4) is 0 Å². The predicted octanol–water partition coefficient (Wildman–Crippen LogP) is 4.47. The summed E-state index contributed by atoms with van der Waals surface area (Å²) in [7, 11) is 0. The molecule has 0 rings (SSSR count). The summed E-state index contributed by atoms with van der Waals surface area (Å²) in [6, 6.07) is 0. The third kappa shape index (κ3) is 990. The summed E-state index contributed by atoms with van der Waals surface area (Å²) < 4.78 is 51.0. The van der Waals surface area contributed by atoms with Crippen molar-refractivity contribution in [1.82, 2.24) is 0 Å². The van der Waals surface area contributed by atoms with Gasteiger partial charge in [-0.25, -0.2) is 4.39 Å². The first-order valence-electron chi connectivity index (χ1n) is 2.32. The molecule has 0 aliphatic rings. The second kappa shape index (κ2) is 22.4. The monoisotopic (exact) mass is 222 g/mol. The lowest BCUT2D eigenvalue weighted by atomic mass is 11.0. The van der Waals surface area contributed by atoms with Gasteiger partial charge >= 0.3 is 0 Å². The minimum Gasteiger partial charge on any atom is -0.210 e. The van der Waals surface area contributed by atoms with E-state index >= 15 is 0 Å². The largest absolute Gasteiger partial charge is 0.298 e. The number of hydrogen-bond donors (Lipinski definition) is 0. The molecule has 0 N–H and O–H groups in total. The Labute approximate surface area is 79.2 Å². The van der Waals surface area contributed by atoms with E-state index in [4.69, 9.17) is 0 Å². The third-order valence-electron chi connectivity index (χ3n) is 0.0825. The molecule has 0 radical (unpaired) electrons. The Morgan fingerprint density at radius 3 is 1.15 bits per heavy atom. The van der Waals surface area contributed by atoms with E-state index in [-0.39, 0.29) is 12.4 Å². The maximum atomic E-state index is 10.2. The molecule has 13 heavy (non-hydrogen) atoms. The highest BCUT2D eigenvalue weighted by atomic mass is 35.5. The molecule has 78 valence electrons. The summed E-state index contributed by atoms with van der Waals surface area (Å²) in [6.45, 7) is 8.47. The molecule has 0 atom stereocenters. The summed E-state index contributed by atoms with van der Waals surface area (Å²) in [5, 5.41) is 0. The van der Waals surface area contributed by atoms with E-state index in [2.05, 4.69) is 25.5 Å². The zero-order valence-electron chi connectivity index (χ0n) is 6.50. The van der Waals surface area contributed by atoms with Crippen molar-refractivity contribution in [3.05, 3.63) is 44.0 Å². The molecule has 0 aromatic rings. The van der Waals surface area contributed by atoms with Crippen LogP contribution in [-0.2, 0) is 0 Å². The van der Waals surface area contributed by atoms with Crippen LogP contribution in [0.4, 0.5) is 22.0 Å². The number of hydrogen-bond acceptors (Lipinski definition) is 0. The van der Waals surface area contributed by atoms with Gasteiger partial charge in [-0.3, -0.25) is 0 Å². The highest BCUT2D eigenvalue weighted by Crippen LogP contribution is 1.93. The molecule has 0 nitrogen and oxygen atoms in total. The number of rotatable bonds is 0. The first-order chi connectivity index (χ1) is 5.42. The molecular weight excluding hydrogens is 215 g/mol. The van der Waals surface area contributed by atoms with E-state index in [1.54, 1.807) is 0 Å². The highest BCUT2D eigenvalue weighted by molar-refractivity contribution is 5.85. The van der Waals surface area contributed by atoms with Crippen molar-refractivity contribution in [3.63, 3.8) is 0 Å². The first kappa shape index (κ1) is 22.7. The molecule has 0 aliphatic carbocycles. The highest BCUT2D eigenvalue weighted by Gasteiger charge is 1.78. The zero-order valence-corrected chi connectivity index (χ0v) is 7.31. The quantitative estimate of drug-likeness (QED) is 0.419. The van der Waals surface area contributed by atoms with Crippen molar-refractivity contribution in [2.24, 2.45) is 0 Å². The van der Waals surface area contributed by atoms with Gasteiger partial charge in [0.2, 0.25) is 0 Å². The van der Waals surface area contributed by atoms with Crippen LogP contribution in [0.5, 0.6) is 0 Å². The fourth-order valence-electron chi connectivity index (χ4n) is 0. The minimum absolute atomic E-state index is 0. The van der Waals surface area contributed by atoms with Crippen LogP contribution in [0.2, 0.25) is 0 Å². The van der Waals surface area contributed by atoms with Crippen LogP contribution >= 0.6 is 12.4 Å². The van der Waals surface area contributed by atoms with Gasteiger partial charge in [-0.15, -0.1) is 18.1 Å². The van der Waals surface area contributed by atoms with Crippen LogP contribution in [0.25, 0.3) is 0 Å². The standard InChI is InChI=1S/C3H4.C2HF3.C2H2F2.ClH/c1-3-2;3-1-2(4)5;1-2(3)4;/h1-2H2;1H;1H2;1H. The molecule has 0 heterocycles. The van der Waals surface area contributed by atoms with E-state index in [1.807, 2.05) is 0 Å². The predicted molar refractivity (Wildman–Crippen MR) is 44.8 cm³/mol. The van der Waals surface area contributed by atoms with Gasteiger partial charge < -0.3 is 0 Å². The van der Waals surface area contributed by atoms with Gasteiger partial charge in [0.25, 0.3) is 12.2 Å². The van der Waals surface area contributed by atoms with Crippen LogP contribution in [0, 0.1) is 0 Å². The summed E-state index contributed by atoms with van der Waals surface area (Å²) in [6.07, 6.45) is -4.87. The lowest BCUT2D eigenvalue weighted by molar-refractivity contribution is 0.400. The fourth-order valence-corrected chi connectivity index (χ4v) is 0. The maximum Gasteiger partial charge on any atom is 0.298 e. The molecule has 0 aliphatic heterocycles. The molecule has 0 amide bonds. The van der Waals surface area contributed by atoms with Crippen molar-refractivity contribution in [2.45, 2.75) is 0 Å². The summed E-state index contributed by atoms with van der Waals surface area (Å²) in [5.41, 5.74) is 2.25. The first-order valence-corrected chi connectivity index (χ1v) is 2.32. The van der Waals surface area contributed by atoms with Gasteiger partial charge in [-0.05, 0) is 6.58 Å². The topological polar surface area (TPSA) is 0 Å². The fraction of sp³-hybridized carbons (Fsp3) is 0. The van der Waals surface area contributed by atoms with Crippen molar-refractivity contribution in [2.75, 3.05) is 0 Å². The van der Waals surface area contributed by atoms with Gasteiger partial charge in [0.15, 0.2) is 6.33 Å². The van der Waals surface area contributed by atoms with Crippen LogP contribution in [-0.4, -0.2) is 0 Å². The second-order valence-corrected chi connectivity index (χ2v) is 0.987. The van der Waals surface area contributed by atoms with E-state index in [1.165, 1.54) is 0 Å². The van der Waals surface area contributed by atoms with E-state index in [0.29, 0.717) is 0 Å². The average Bonchev–Trinajstić information content (AvgIpc) is 1.88. The Morgan fingerprint density at radius 2 is 1.15 bits per heavy atom. The van der Waals surface area contributed by atoms with Gasteiger partial charge in [0.1, 0.15) is 0 Å². The average molecular weight is 223 g/mol. The zero-order chi connectivity index (χ0) is 10.6. The van der Waals surface area contributed by atoms with Crippen LogP contribution in [0.15, 0.2) is 44.0 Å². The summed E-state index contributed by atoms with van der Waals surface area (Å²) >= 11 is 0. The molecule has 0 aromatic carbocycles. The van der Waals surface area contributed by atoms with E-state index in [9.17, 15) is 22.0 Å². The molecule has 0 spiro atoms. The van der Waals surface area contributed by atoms with Crippen molar-refractivity contribution >= 4 is 12.4 Å². The summed E-state index contributed by atoms with van der Waals surface area (Å²) in [4.78, 5) is 0. The van der Waals surface area contributed by atoms with Crippen molar-refractivity contribution < 1.29 is 22.0 Å². The number of halogens is 6. The van der Waals surface area contributed by atoms with Crippen LogP contribution < -0.4 is 0 Å². The lowest BCUT2D eigenvalue weighted by Gasteiger charge is -1.59. The molecule has 0 saturated heterocycles. The molecule has 0 saturated carbocycles. The molecular formula is C7H8ClF5. The van der Waals surface area contributed by atoms with Crippen LogP contribution in [0.1, 0.15) is 0 Å². The SMILES string of the molecule is C=C(F)F.C=C=C.Cl.FC=C(F)F. The molecule has 0 bridgehead atoms. The molecule has 0 aromatic heterocycles. The normalized spacial score (nSPS) is 5.31. The van der Waals surface area contributed by atoms with Crippen molar-refractivity contribution in [1.29, 1.82) is 0 Å². The minimum atomic E-state index is -2.29. The van der Waals surface area contributed by atoms with Gasteiger partial charge in [-0.2, -0.15) is 17.6 Å². The molecule has 0 fully saturated rings. The van der Waals surface area contributed by atoms with Crippen LogP contribution in [0.3, 0.4) is 0 Å². The Kier molecular flexibility index (Phi) is 39.1. The van der Waals surface area contributed by atoms with Gasteiger partial charge in [0.05, 0.1) is 0 Å². The van der Waals surface area contributed by atoms with E-state index in [0.717, 1.165) is 0 Å². The Morgan fingerprint density at radius 1 is 1.08 bits per heavy atom. The van der Waals surface area contributed by atoms with Gasteiger partial charge in [-0.1, -0.05) is 13.2 Å². The molecule has 0 unspecified atom stereocenters. The smallest absolute Gasteiger partial charge is 0.210 e. The van der Waals surface area contributed by atoms with E-state index < -0.39 is 18.5 Å². The Balaban J connectivity index is -0.0000000465. The molecule has 6 heteroatoms. The Bertz CT molecular complexity index is 162. The summed E-state index contributed by atoms with van der Waals surface area (Å²) in [5.74, 6) is 0. The second-order valence-electron chi connectivity index (χ2n) is 0.987. The maximum absolute atomic E-state index is 10.2. The lowest BCUT2D eigenvalue weighted by Crippen LogP contribution is -1.42. The van der Waals surface area contributed by atoms with Gasteiger partial charge in [0, 0.05) is 0 Å². The third-order valence-corrected chi connectivity index (χ3v) is 0.0825.